The van der Waals surface area contributed by atoms with Gasteiger partial charge < -0.3 is 10.2 Å². The molecule has 0 aromatic carbocycles. The Morgan fingerprint density at radius 2 is 1.83 bits per heavy atom. The van der Waals surface area contributed by atoms with Crippen LogP contribution in [0.4, 0.5) is 0 Å². The fraction of sp³-hybridized carbons (Fsp3) is 1.00. The first-order valence-corrected chi connectivity index (χ1v) is 4.83. The van der Waals surface area contributed by atoms with Crippen LogP contribution in [0.1, 0.15) is 47.0 Å². The predicted molar refractivity (Wildman–Crippen MR) is 51.0 cm³/mol. The average molecular weight is 174 g/mol. The third-order valence-electron chi connectivity index (χ3n) is 2.67. The summed E-state index contributed by atoms with van der Waals surface area (Å²) in [5.41, 5.74) is -0.935. The van der Waals surface area contributed by atoms with E-state index in [1.165, 1.54) is 0 Å². The predicted octanol–water partition coefficient (Wildman–Crippen LogP) is 1.94. The Morgan fingerprint density at radius 1 is 1.33 bits per heavy atom. The van der Waals surface area contributed by atoms with Crippen LogP contribution in [0.2, 0.25) is 0 Å². The van der Waals surface area contributed by atoms with Crippen LogP contribution in [0.25, 0.3) is 0 Å². The van der Waals surface area contributed by atoms with Crippen LogP contribution in [0.5, 0.6) is 0 Å². The fourth-order valence-electron chi connectivity index (χ4n) is 1.07. The van der Waals surface area contributed by atoms with E-state index in [4.69, 9.17) is 0 Å². The molecule has 12 heavy (non-hydrogen) atoms. The van der Waals surface area contributed by atoms with Gasteiger partial charge in [-0.15, -0.1) is 0 Å². The molecule has 0 bridgehead atoms. The summed E-state index contributed by atoms with van der Waals surface area (Å²) >= 11 is 0. The Kier molecular flexibility index (Phi) is 4.80. The molecule has 0 spiro atoms. The van der Waals surface area contributed by atoms with E-state index in [2.05, 4.69) is 6.92 Å². The lowest BCUT2D eigenvalue weighted by atomic mass is 9.85. The van der Waals surface area contributed by atoms with Crippen LogP contribution >= 0.6 is 0 Å². The molecule has 2 N–H and O–H groups in total. The molecule has 0 radical (unpaired) electrons. The molecule has 0 amide bonds. The Bertz CT molecular complexity index is 119. The Labute approximate surface area is 75.6 Å². The molecule has 2 heteroatoms. The van der Waals surface area contributed by atoms with E-state index in [0.717, 1.165) is 12.8 Å². The first-order chi connectivity index (χ1) is 5.42. The molecule has 0 saturated heterocycles. The summed E-state index contributed by atoms with van der Waals surface area (Å²) in [5.74, 6) is 0.101. The van der Waals surface area contributed by atoms with Crippen molar-refractivity contribution in [2.45, 2.75) is 58.7 Å². The second kappa shape index (κ2) is 4.83. The molecule has 0 aliphatic carbocycles. The van der Waals surface area contributed by atoms with E-state index >= 15 is 0 Å². The maximum atomic E-state index is 9.84. The van der Waals surface area contributed by atoms with Crippen molar-refractivity contribution < 1.29 is 10.2 Å². The summed E-state index contributed by atoms with van der Waals surface area (Å²) in [6.45, 7) is 7.64. The minimum absolute atomic E-state index is 0.101. The second-order valence-corrected chi connectivity index (χ2v) is 4.04. The van der Waals surface area contributed by atoms with Crippen LogP contribution < -0.4 is 0 Å². The lowest BCUT2D eigenvalue weighted by molar-refractivity contribution is -0.0951. The van der Waals surface area contributed by atoms with Gasteiger partial charge in [0, 0.05) is 0 Å². The van der Waals surface area contributed by atoms with Gasteiger partial charge >= 0.3 is 0 Å². The number of aliphatic hydroxyl groups excluding tert-OH is 1. The van der Waals surface area contributed by atoms with Gasteiger partial charge in [0.1, 0.15) is 0 Å². The zero-order valence-electron chi connectivity index (χ0n) is 8.67. The van der Waals surface area contributed by atoms with Crippen molar-refractivity contribution in [3.8, 4) is 0 Å². The maximum Gasteiger partial charge on any atom is 0.0900 e. The summed E-state index contributed by atoms with van der Waals surface area (Å²) < 4.78 is 0. The highest BCUT2D eigenvalue weighted by molar-refractivity contribution is 4.84. The summed E-state index contributed by atoms with van der Waals surface area (Å²) in [5, 5.41) is 19.5. The molecule has 2 atom stereocenters. The van der Waals surface area contributed by atoms with Crippen molar-refractivity contribution in [3.05, 3.63) is 0 Å². The molecule has 0 rings (SSSR count). The van der Waals surface area contributed by atoms with Crippen molar-refractivity contribution in [1.29, 1.82) is 0 Å². The molecule has 0 aliphatic rings. The van der Waals surface area contributed by atoms with Crippen LogP contribution in [0.3, 0.4) is 0 Å². The molecule has 2 unspecified atom stereocenters. The van der Waals surface area contributed by atoms with Gasteiger partial charge in [0.25, 0.3) is 0 Å². The molecular formula is C10H22O2. The SMILES string of the molecule is CCCCC(O)C(C)(O)C(C)C. The molecule has 0 heterocycles. The Balaban J connectivity index is 3.97. The third kappa shape index (κ3) is 3.11. The maximum absolute atomic E-state index is 9.84. The average Bonchev–Trinajstić information content (AvgIpc) is 1.99. The van der Waals surface area contributed by atoms with Gasteiger partial charge in [0.2, 0.25) is 0 Å². The van der Waals surface area contributed by atoms with Crippen molar-refractivity contribution in [3.63, 3.8) is 0 Å². The van der Waals surface area contributed by atoms with Crippen molar-refractivity contribution >= 4 is 0 Å². The zero-order chi connectivity index (χ0) is 9.78. The summed E-state index contributed by atoms with van der Waals surface area (Å²) in [4.78, 5) is 0. The fourth-order valence-corrected chi connectivity index (χ4v) is 1.07. The number of unbranched alkanes of at least 4 members (excludes halogenated alkanes) is 1. The second-order valence-electron chi connectivity index (χ2n) is 4.04. The van der Waals surface area contributed by atoms with Gasteiger partial charge in [-0.05, 0) is 19.3 Å². The summed E-state index contributed by atoms with van der Waals surface area (Å²) in [6.07, 6.45) is 2.15. The molecule has 74 valence electrons. The first-order valence-electron chi connectivity index (χ1n) is 4.83. The Morgan fingerprint density at radius 3 is 2.17 bits per heavy atom. The van der Waals surface area contributed by atoms with Gasteiger partial charge in [0.05, 0.1) is 11.7 Å². The standard InChI is InChI=1S/C10H22O2/c1-5-6-7-9(11)10(4,12)8(2)3/h8-9,11-12H,5-7H2,1-4H3. The van der Waals surface area contributed by atoms with Gasteiger partial charge in [-0.3, -0.25) is 0 Å². The first kappa shape index (κ1) is 11.9. The highest BCUT2D eigenvalue weighted by atomic mass is 16.3. The van der Waals surface area contributed by atoms with E-state index in [9.17, 15) is 10.2 Å². The molecule has 0 aromatic rings. The lowest BCUT2D eigenvalue weighted by Gasteiger charge is -2.32. The Hall–Kier alpha value is -0.0800. The largest absolute Gasteiger partial charge is 0.390 e. The lowest BCUT2D eigenvalue weighted by Crippen LogP contribution is -2.43. The smallest absolute Gasteiger partial charge is 0.0900 e. The number of hydrogen-bond acceptors (Lipinski definition) is 2. The van der Waals surface area contributed by atoms with Gasteiger partial charge in [-0.1, -0.05) is 33.6 Å². The molecule has 0 saturated carbocycles. The van der Waals surface area contributed by atoms with E-state index in [-0.39, 0.29) is 5.92 Å². The third-order valence-corrected chi connectivity index (χ3v) is 2.67. The van der Waals surface area contributed by atoms with E-state index in [1.54, 1.807) is 6.92 Å². The van der Waals surface area contributed by atoms with Crippen molar-refractivity contribution in [2.75, 3.05) is 0 Å². The van der Waals surface area contributed by atoms with Crippen molar-refractivity contribution in [2.24, 2.45) is 5.92 Å². The van der Waals surface area contributed by atoms with Crippen LogP contribution in [-0.2, 0) is 0 Å². The highest BCUT2D eigenvalue weighted by Crippen LogP contribution is 2.23. The van der Waals surface area contributed by atoms with Crippen LogP contribution in [-0.4, -0.2) is 21.9 Å². The zero-order valence-corrected chi connectivity index (χ0v) is 8.67. The van der Waals surface area contributed by atoms with Gasteiger partial charge in [0.15, 0.2) is 0 Å². The topological polar surface area (TPSA) is 40.5 Å². The summed E-state index contributed by atoms with van der Waals surface area (Å²) in [6, 6.07) is 0. The van der Waals surface area contributed by atoms with Gasteiger partial charge in [-0.2, -0.15) is 0 Å². The van der Waals surface area contributed by atoms with E-state index in [0.29, 0.717) is 6.42 Å². The highest BCUT2D eigenvalue weighted by Gasteiger charge is 2.32. The van der Waals surface area contributed by atoms with E-state index in [1.807, 2.05) is 13.8 Å². The molecule has 0 fully saturated rings. The quantitative estimate of drug-likeness (QED) is 0.668. The number of aliphatic hydroxyl groups is 2. The number of hydrogen-bond donors (Lipinski definition) is 2. The van der Waals surface area contributed by atoms with Crippen LogP contribution in [0, 0.1) is 5.92 Å². The van der Waals surface area contributed by atoms with Gasteiger partial charge in [-0.25, -0.2) is 0 Å². The minimum atomic E-state index is -0.935. The van der Waals surface area contributed by atoms with E-state index < -0.39 is 11.7 Å². The monoisotopic (exact) mass is 174 g/mol. The number of rotatable bonds is 5. The molecule has 0 aromatic heterocycles. The molecule has 2 nitrogen and oxygen atoms in total. The molecular weight excluding hydrogens is 152 g/mol. The molecule has 0 aliphatic heterocycles. The minimum Gasteiger partial charge on any atom is -0.390 e. The van der Waals surface area contributed by atoms with Crippen molar-refractivity contribution in [1.82, 2.24) is 0 Å². The summed E-state index contributed by atoms with van der Waals surface area (Å²) in [7, 11) is 0. The normalized spacial score (nSPS) is 19.2. The van der Waals surface area contributed by atoms with Crippen LogP contribution in [0.15, 0.2) is 0 Å².